The molecule has 5 rings (SSSR count). The molecule has 1 fully saturated rings. The number of hydrogen-bond acceptors (Lipinski definition) is 4. The first-order valence-electron chi connectivity index (χ1n) is 12.0. The molecule has 0 spiro atoms. The highest BCUT2D eigenvalue weighted by molar-refractivity contribution is 5.68. The van der Waals surface area contributed by atoms with Crippen LogP contribution in [0.25, 0.3) is 22.5 Å². The maximum Gasteiger partial charge on any atom is 0.102 e. The first-order chi connectivity index (χ1) is 16.9. The molecule has 3 aromatic carbocycles. The van der Waals surface area contributed by atoms with Gasteiger partial charge < -0.3 is 9.47 Å². The standard InChI is InChI=1S/C29H31N3O2/c1-4-10-24(11-5-1)27-22-28(25-12-6-2-7-13-25)32(30-27)23-29(26-14-8-3-9-15-26)34-21-18-31-16-19-33-20-17-31/h1-15,22,29H,16-21,23H2. The van der Waals surface area contributed by atoms with Crippen LogP contribution in [0, 0.1) is 0 Å². The second kappa shape index (κ2) is 11.3. The van der Waals surface area contributed by atoms with Crippen molar-refractivity contribution in [1.29, 1.82) is 0 Å². The quantitative estimate of drug-likeness (QED) is 0.344. The number of ether oxygens (including phenoxy) is 2. The van der Waals surface area contributed by atoms with E-state index in [2.05, 4.69) is 88.4 Å². The highest BCUT2D eigenvalue weighted by Gasteiger charge is 2.19. The molecule has 0 saturated carbocycles. The zero-order valence-corrected chi connectivity index (χ0v) is 19.4. The van der Waals surface area contributed by atoms with Crippen molar-refractivity contribution in [2.24, 2.45) is 0 Å². The Balaban J connectivity index is 1.41. The molecule has 0 bridgehead atoms. The summed E-state index contributed by atoms with van der Waals surface area (Å²) >= 11 is 0. The van der Waals surface area contributed by atoms with Crippen molar-refractivity contribution in [3.8, 4) is 22.5 Å². The molecule has 5 nitrogen and oxygen atoms in total. The number of rotatable bonds is 9. The van der Waals surface area contributed by atoms with Gasteiger partial charge in [-0.05, 0) is 17.2 Å². The van der Waals surface area contributed by atoms with Gasteiger partial charge in [0.2, 0.25) is 0 Å². The van der Waals surface area contributed by atoms with Gasteiger partial charge in [-0.3, -0.25) is 9.58 Å². The summed E-state index contributed by atoms with van der Waals surface area (Å²) < 4.78 is 14.1. The Labute approximate surface area is 201 Å². The summed E-state index contributed by atoms with van der Waals surface area (Å²) in [4.78, 5) is 2.41. The van der Waals surface area contributed by atoms with E-state index in [1.165, 1.54) is 5.56 Å². The van der Waals surface area contributed by atoms with Crippen molar-refractivity contribution in [2.45, 2.75) is 12.6 Å². The largest absolute Gasteiger partial charge is 0.379 e. The van der Waals surface area contributed by atoms with E-state index in [-0.39, 0.29) is 6.10 Å². The zero-order chi connectivity index (χ0) is 23.0. The molecule has 34 heavy (non-hydrogen) atoms. The summed E-state index contributed by atoms with van der Waals surface area (Å²) in [7, 11) is 0. The lowest BCUT2D eigenvalue weighted by Crippen LogP contribution is -2.38. The second-order valence-electron chi connectivity index (χ2n) is 8.55. The lowest BCUT2D eigenvalue weighted by atomic mass is 10.1. The lowest BCUT2D eigenvalue weighted by molar-refractivity contribution is -0.00444. The van der Waals surface area contributed by atoms with Crippen molar-refractivity contribution in [1.82, 2.24) is 14.7 Å². The Morgan fingerprint density at radius 2 is 1.41 bits per heavy atom. The van der Waals surface area contributed by atoms with E-state index in [1.807, 2.05) is 18.2 Å². The Bertz CT molecular complexity index is 1140. The first kappa shape index (κ1) is 22.5. The van der Waals surface area contributed by atoms with Crippen molar-refractivity contribution >= 4 is 0 Å². The predicted molar refractivity (Wildman–Crippen MR) is 135 cm³/mol. The van der Waals surface area contributed by atoms with Crippen LogP contribution in [0.15, 0.2) is 97.1 Å². The molecule has 4 aromatic rings. The average molecular weight is 454 g/mol. The predicted octanol–water partition coefficient (Wildman–Crippen LogP) is 5.31. The van der Waals surface area contributed by atoms with Gasteiger partial charge in [-0.25, -0.2) is 0 Å². The van der Waals surface area contributed by atoms with Crippen molar-refractivity contribution < 1.29 is 9.47 Å². The van der Waals surface area contributed by atoms with E-state index in [4.69, 9.17) is 14.6 Å². The Morgan fingerprint density at radius 3 is 2.09 bits per heavy atom. The minimum atomic E-state index is -0.0896. The highest BCUT2D eigenvalue weighted by atomic mass is 16.5. The van der Waals surface area contributed by atoms with Crippen LogP contribution in [0.2, 0.25) is 0 Å². The zero-order valence-electron chi connectivity index (χ0n) is 19.4. The molecule has 1 aliphatic heterocycles. The van der Waals surface area contributed by atoms with E-state index in [0.717, 1.165) is 55.4 Å². The topological polar surface area (TPSA) is 39.5 Å². The van der Waals surface area contributed by atoms with Crippen LogP contribution < -0.4 is 0 Å². The molecular formula is C29H31N3O2. The Hall–Kier alpha value is -3.25. The number of morpholine rings is 1. The second-order valence-corrected chi connectivity index (χ2v) is 8.55. The van der Waals surface area contributed by atoms with Gasteiger partial charge in [0.15, 0.2) is 0 Å². The van der Waals surface area contributed by atoms with Crippen molar-refractivity contribution in [2.75, 3.05) is 39.5 Å². The monoisotopic (exact) mass is 453 g/mol. The van der Waals surface area contributed by atoms with E-state index < -0.39 is 0 Å². The van der Waals surface area contributed by atoms with Crippen molar-refractivity contribution in [3.05, 3.63) is 103 Å². The number of hydrogen-bond donors (Lipinski definition) is 0. The molecule has 0 amide bonds. The fourth-order valence-corrected chi connectivity index (χ4v) is 4.38. The van der Waals surface area contributed by atoms with Gasteiger partial charge in [0.05, 0.1) is 37.8 Å². The van der Waals surface area contributed by atoms with Crippen LogP contribution in [0.4, 0.5) is 0 Å². The third-order valence-electron chi connectivity index (χ3n) is 6.26. The highest BCUT2D eigenvalue weighted by Crippen LogP contribution is 2.29. The molecule has 0 N–H and O–H groups in total. The maximum absolute atomic E-state index is 6.50. The molecule has 1 atom stereocenters. The molecule has 1 unspecified atom stereocenters. The fraction of sp³-hybridized carbons (Fsp3) is 0.276. The van der Waals surface area contributed by atoms with Gasteiger partial charge in [-0.15, -0.1) is 0 Å². The van der Waals surface area contributed by atoms with Crippen molar-refractivity contribution in [3.63, 3.8) is 0 Å². The molecule has 1 aliphatic rings. The Morgan fingerprint density at radius 1 is 0.794 bits per heavy atom. The summed E-state index contributed by atoms with van der Waals surface area (Å²) in [6, 6.07) is 33.5. The van der Waals surface area contributed by atoms with E-state index in [0.29, 0.717) is 13.2 Å². The molecule has 2 heterocycles. The van der Waals surface area contributed by atoms with Gasteiger partial charge in [0, 0.05) is 25.2 Å². The molecule has 5 heteroatoms. The minimum absolute atomic E-state index is 0.0896. The first-order valence-corrected chi connectivity index (χ1v) is 12.0. The van der Waals surface area contributed by atoms with Gasteiger partial charge in [0.1, 0.15) is 6.10 Å². The molecule has 0 aliphatic carbocycles. The number of aromatic nitrogens is 2. The number of benzene rings is 3. The van der Waals surface area contributed by atoms with E-state index in [9.17, 15) is 0 Å². The lowest BCUT2D eigenvalue weighted by Gasteiger charge is -2.27. The molecule has 174 valence electrons. The average Bonchev–Trinajstić information content (AvgIpc) is 3.34. The smallest absolute Gasteiger partial charge is 0.102 e. The molecule has 0 radical (unpaired) electrons. The third kappa shape index (κ3) is 5.62. The van der Waals surface area contributed by atoms with Crippen LogP contribution >= 0.6 is 0 Å². The molecule has 1 aromatic heterocycles. The van der Waals surface area contributed by atoms with Gasteiger partial charge >= 0.3 is 0 Å². The minimum Gasteiger partial charge on any atom is -0.379 e. The third-order valence-corrected chi connectivity index (χ3v) is 6.26. The summed E-state index contributed by atoms with van der Waals surface area (Å²) in [6.45, 7) is 5.77. The fourth-order valence-electron chi connectivity index (χ4n) is 4.38. The summed E-state index contributed by atoms with van der Waals surface area (Å²) in [6.07, 6.45) is -0.0896. The summed E-state index contributed by atoms with van der Waals surface area (Å²) in [5, 5.41) is 5.03. The van der Waals surface area contributed by atoms with Crippen LogP contribution in [0.5, 0.6) is 0 Å². The van der Waals surface area contributed by atoms with Gasteiger partial charge in [0.25, 0.3) is 0 Å². The maximum atomic E-state index is 6.50. The van der Waals surface area contributed by atoms with Gasteiger partial charge in [-0.1, -0.05) is 91.0 Å². The normalized spacial score (nSPS) is 15.3. The number of nitrogens with zero attached hydrogens (tertiary/aromatic N) is 3. The molecule has 1 saturated heterocycles. The molecular weight excluding hydrogens is 422 g/mol. The van der Waals surface area contributed by atoms with E-state index >= 15 is 0 Å². The van der Waals surface area contributed by atoms with Crippen LogP contribution in [0.3, 0.4) is 0 Å². The SMILES string of the molecule is c1ccc(-c2cc(-c3ccccc3)n(CC(OCCN3CCOCC3)c3ccccc3)n2)cc1. The van der Waals surface area contributed by atoms with Crippen LogP contribution in [-0.4, -0.2) is 54.1 Å². The summed E-state index contributed by atoms with van der Waals surface area (Å²) in [5.74, 6) is 0. The summed E-state index contributed by atoms with van der Waals surface area (Å²) in [5.41, 5.74) is 5.50. The van der Waals surface area contributed by atoms with Crippen LogP contribution in [-0.2, 0) is 16.0 Å². The van der Waals surface area contributed by atoms with E-state index in [1.54, 1.807) is 0 Å². The van der Waals surface area contributed by atoms with Crippen LogP contribution in [0.1, 0.15) is 11.7 Å². The Kier molecular flexibility index (Phi) is 7.46. The van der Waals surface area contributed by atoms with Gasteiger partial charge in [-0.2, -0.15) is 5.10 Å².